The number of aryl methyl sites for hydroxylation is 1. The molecule has 3 aromatic rings. The molecule has 0 aromatic heterocycles. The Morgan fingerprint density at radius 3 is 2.44 bits per heavy atom. The average Bonchev–Trinajstić information content (AvgIpc) is 2.96. The number of para-hydroxylation sites is 1. The van der Waals surface area contributed by atoms with Crippen LogP contribution in [0.1, 0.15) is 21.9 Å². The molecule has 1 aliphatic rings. The van der Waals surface area contributed by atoms with Crippen molar-refractivity contribution < 1.29 is 19.4 Å². The minimum atomic E-state index is -1.21. The Labute approximate surface area is 204 Å². The van der Waals surface area contributed by atoms with E-state index in [0.29, 0.717) is 0 Å². The number of anilines is 1. The molecule has 176 valence electrons. The van der Waals surface area contributed by atoms with Gasteiger partial charge in [0.05, 0.1) is 10.9 Å². The molecule has 1 aliphatic heterocycles. The van der Waals surface area contributed by atoms with Crippen LogP contribution in [0.15, 0.2) is 83.8 Å². The van der Waals surface area contributed by atoms with E-state index >= 15 is 0 Å². The second-order valence-corrected chi connectivity index (χ2v) is 9.50. The van der Waals surface area contributed by atoms with Crippen molar-refractivity contribution in [2.75, 3.05) is 25.0 Å². The Hall–Kier alpha value is -3.29. The van der Waals surface area contributed by atoms with E-state index in [9.17, 15) is 14.7 Å². The minimum absolute atomic E-state index is 0.184. The average molecular weight is 477 g/mol. The highest BCUT2D eigenvalue weighted by Crippen LogP contribution is 2.45. The van der Waals surface area contributed by atoms with Gasteiger partial charge in [0.15, 0.2) is 0 Å². The Morgan fingerprint density at radius 2 is 1.71 bits per heavy atom. The SMILES string of the molecule is Cc1ccc([C@@H]2Sc3ccccc3N(CCN(C)C(=O)OCc3ccccc3)C(=O)[C@@H]2O)cc1. The van der Waals surface area contributed by atoms with E-state index in [1.807, 2.05) is 85.8 Å². The molecule has 0 spiro atoms. The van der Waals surface area contributed by atoms with Crippen molar-refractivity contribution in [1.29, 1.82) is 0 Å². The van der Waals surface area contributed by atoms with E-state index in [2.05, 4.69) is 0 Å². The highest BCUT2D eigenvalue weighted by molar-refractivity contribution is 7.99. The second-order valence-electron chi connectivity index (χ2n) is 8.31. The number of carbonyl (C=O) groups is 2. The van der Waals surface area contributed by atoms with Crippen LogP contribution in [0.3, 0.4) is 0 Å². The van der Waals surface area contributed by atoms with Crippen molar-refractivity contribution >= 4 is 29.4 Å². The number of amides is 2. The fraction of sp³-hybridized carbons (Fsp3) is 0.259. The lowest BCUT2D eigenvalue weighted by molar-refractivity contribution is -0.126. The van der Waals surface area contributed by atoms with Crippen molar-refractivity contribution in [3.63, 3.8) is 0 Å². The molecule has 2 atom stereocenters. The first-order valence-electron chi connectivity index (χ1n) is 11.2. The number of aliphatic hydroxyl groups is 1. The maximum absolute atomic E-state index is 13.4. The van der Waals surface area contributed by atoms with Gasteiger partial charge in [-0.3, -0.25) is 4.79 Å². The van der Waals surface area contributed by atoms with Gasteiger partial charge in [-0.2, -0.15) is 0 Å². The lowest BCUT2D eigenvalue weighted by Gasteiger charge is -2.27. The Bertz CT molecular complexity index is 1140. The molecule has 0 bridgehead atoms. The summed E-state index contributed by atoms with van der Waals surface area (Å²) in [6.07, 6.45) is -1.68. The topological polar surface area (TPSA) is 70.1 Å². The van der Waals surface area contributed by atoms with Crippen LogP contribution in [-0.4, -0.2) is 48.2 Å². The molecule has 34 heavy (non-hydrogen) atoms. The lowest BCUT2D eigenvalue weighted by Crippen LogP contribution is -2.44. The molecule has 0 saturated heterocycles. The smallest absolute Gasteiger partial charge is 0.409 e. The third-order valence-electron chi connectivity index (χ3n) is 5.80. The summed E-state index contributed by atoms with van der Waals surface area (Å²) in [5.74, 6) is -0.380. The van der Waals surface area contributed by atoms with Gasteiger partial charge in [-0.15, -0.1) is 11.8 Å². The van der Waals surface area contributed by atoms with Gasteiger partial charge in [0, 0.05) is 25.0 Å². The molecule has 0 fully saturated rings. The van der Waals surface area contributed by atoms with E-state index in [1.54, 1.807) is 11.9 Å². The van der Waals surface area contributed by atoms with Crippen LogP contribution in [0.5, 0.6) is 0 Å². The zero-order valence-corrected chi connectivity index (χ0v) is 20.1. The fourth-order valence-electron chi connectivity index (χ4n) is 3.80. The number of aliphatic hydroxyl groups excluding tert-OH is 1. The van der Waals surface area contributed by atoms with Crippen molar-refractivity contribution in [2.45, 2.75) is 29.8 Å². The van der Waals surface area contributed by atoms with Crippen molar-refractivity contribution in [1.82, 2.24) is 4.90 Å². The predicted octanol–water partition coefficient (Wildman–Crippen LogP) is 4.80. The third-order valence-corrected chi connectivity index (χ3v) is 7.18. The summed E-state index contributed by atoms with van der Waals surface area (Å²) in [5, 5.41) is 10.6. The van der Waals surface area contributed by atoms with Gasteiger partial charge < -0.3 is 19.6 Å². The van der Waals surface area contributed by atoms with Crippen LogP contribution in [-0.2, 0) is 16.1 Å². The van der Waals surface area contributed by atoms with Gasteiger partial charge in [-0.05, 0) is 30.2 Å². The first-order valence-corrected chi connectivity index (χ1v) is 12.1. The summed E-state index contributed by atoms with van der Waals surface area (Å²) in [5.41, 5.74) is 3.66. The molecule has 4 rings (SSSR count). The van der Waals surface area contributed by atoms with Crippen LogP contribution in [0.2, 0.25) is 0 Å². The maximum atomic E-state index is 13.4. The second kappa shape index (κ2) is 10.8. The van der Waals surface area contributed by atoms with E-state index < -0.39 is 17.4 Å². The van der Waals surface area contributed by atoms with Crippen LogP contribution >= 0.6 is 11.8 Å². The summed E-state index contributed by atoms with van der Waals surface area (Å²) >= 11 is 1.48. The number of fused-ring (bicyclic) bond motifs is 1. The molecule has 3 aromatic carbocycles. The summed E-state index contributed by atoms with van der Waals surface area (Å²) in [6.45, 7) is 2.69. The number of nitrogens with zero attached hydrogens (tertiary/aromatic N) is 2. The first kappa shape index (κ1) is 23.9. The van der Waals surface area contributed by atoms with Gasteiger partial charge in [0.2, 0.25) is 0 Å². The molecule has 6 nitrogen and oxygen atoms in total. The van der Waals surface area contributed by atoms with Gasteiger partial charge in [-0.25, -0.2) is 4.79 Å². The molecule has 1 N–H and O–H groups in total. The van der Waals surface area contributed by atoms with Gasteiger partial charge >= 0.3 is 6.09 Å². The molecule has 1 heterocycles. The van der Waals surface area contributed by atoms with Crippen molar-refractivity contribution in [3.05, 3.63) is 95.6 Å². The largest absolute Gasteiger partial charge is 0.445 e. The van der Waals surface area contributed by atoms with Gasteiger partial charge in [-0.1, -0.05) is 72.3 Å². The third kappa shape index (κ3) is 5.43. The van der Waals surface area contributed by atoms with Crippen LogP contribution in [0.25, 0.3) is 0 Å². The maximum Gasteiger partial charge on any atom is 0.409 e. The standard InChI is InChI=1S/C27H28N2O4S/c1-19-12-14-21(15-13-19)25-24(30)26(31)29(22-10-6-7-11-23(22)34-25)17-16-28(2)27(32)33-18-20-8-4-3-5-9-20/h3-15,24-25,30H,16-18H2,1-2H3/t24-,25+/m1/s1. The number of rotatable bonds is 6. The number of ether oxygens (including phenoxy) is 1. The predicted molar refractivity (Wildman–Crippen MR) is 134 cm³/mol. The Morgan fingerprint density at radius 1 is 1.03 bits per heavy atom. The minimum Gasteiger partial charge on any atom is -0.445 e. The van der Waals surface area contributed by atoms with E-state index in [4.69, 9.17) is 4.74 Å². The van der Waals surface area contributed by atoms with E-state index in [-0.39, 0.29) is 25.6 Å². The number of likely N-dealkylation sites (N-methyl/N-ethyl adjacent to an activating group) is 1. The molecule has 0 saturated carbocycles. The molecular weight excluding hydrogens is 448 g/mol. The zero-order chi connectivity index (χ0) is 24.1. The summed E-state index contributed by atoms with van der Waals surface area (Å²) < 4.78 is 5.39. The summed E-state index contributed by atoms with van der Waals surface area (Å²) in [6, 6.07) is 25.0. The number of hydrogen-bond donors (Lipinski definition) is 1. The highest BCUT2D eigenvalue weighted by Gasteiger charge is 2.37. The first-order chi connectivity index (χ1) is 16.4. The summed E-state index contributed by atoms with van der Waals surface area (Å²) in [4.78, 5) is 29.8. The van der Waals surface area contributed by atoms with Crippen LogP contribution in [0, 0.1) is 6.92 Å². The molecule has 7 heteroatoms. The number of carbonyl (C=O) groups excluding carboxylic acids is 2. The van der Waals surface area contributed by atoms with Crippen LogP contribution in [0.4, 0.5) is 10.5 Å². The molecule has 0 radical (unpaired) electrons. The van der Waals surface area contributed by atoms with Crippen LogP contribution < -0.4 is 4.90 Å². The van der Waals surface area contributed by atoms with Gasteiger partial charge in [0.1, 0.15) is 12.7 Å². The Balaban J connectivity index is 1.47. The van der Waals surface area contributed by atoms with E-state index in [1.165, 1.54) is 16.7 Å². The normalized spacial score (nSPS) is 17.6. The molecular formula is C27H28N2O4S. The number of thioether (sulfide) groups is 1. The monoisotopic (exact) mass is 476 g/mol. The summed E-state index contributed by atoms with van der Waals surface area (Å²) in [7, 11) is 1.64. The van der Waals surface area contributed by atoms with Crippen molar-refractivity contribution in [2.24, 2.45) is 0 Å². The molecule has 0 unspecified atom stereocenters. The van der Waals surface area contributed by atoms with Gasteiger partial charge in [0.25, 0.3) is 5.91 Å². The lowest BCUT2D eigenvalue weighted by atomic mass is 10.0. The van der Waals surface area contributed by atoms with E-state index in [0.717, 1.165) is 27.3 Å². The number of benzene rings is 3. The fourth-order valence-corrected chi connectivity index (χ4v) is 5.07. The van der Waals surface area contributed by atoms with Crippen molar-refractivity contribution in [3.8, 4) is 0 Å². The zero-order valence-electron chi connectivity index (χ0n) is 19.3. The quantitative estimate of drug-likeness (QED) is 0.553. The number of hydrogen-bond acceptors (Lipinski definition) is 5. The Kier molecular flexibility index (Phi) is 7.55. The highest BCUT2D eigenvalue weighted by atomic mass is 32.2. The molecule has 0 aliphatic carbocycles. The molecule has 2 amide bonds.